The van der Waals surface area contributed by atoms with Crippen LogP contribution in [0.25, 0.3) is 5.69 Å². The van der Waals surface area contributed by atoms with Crippen molar-refractivity contribution in [1.29, 1.82) is 0 Å². The van der Waals surface area contributed by atoms with Gasteiger partial charge in [0.2, 0.25) is 5.91 Å². The lowest BCUT2D eigenvalue weighted by Crippen LogP contribution is -2.12. The number of hydrogen-bond donors (Lipinski definition) is 2. The molecular weight excluding hydrogens is 280 g/mol. The summed E-state index contributed by atoms with van der Waals surface area (Å²) in [4.78, 5) is 32.4. The summed E-state index contributed by atoms with van der Waals surface area (Å²) in [5.41, 5.74) is 4.85. The Morgan fingerprint density at radius 3 is 2.57 bits per heavy atom. The molecule has 2 aromatic rings. The van der Waals surface area contributed by atoms with Crippen molar-refractivity contribution in [2.75, 3.05) is 0 Å². The van der Waals surface area contributed by atoms with Crippen molar-refractivity contribution < 1.29 is 19.6 Å². The number of aryl methyl sites for hydroxylation is 1. The average molecular weight is 290 g/mol. The summed E-state index contributed by atoms with van der Waals surface area (Å²) in [7, 11) is 0. The number of nitrogens with two attached hydrogens (primary N) is 1. The van der Waals surface area contributed by atoms with E-state index in [2.05, 4.69) is 5.10 Å². The smallest absolute Gasteiger partial charge is 0.339 e. The van der Waals surface area contributed by atoms with Crippen LogP contribution in [0.1, 0.15) is 26.4 Å². The Morgan fingerprint density at radius 1 is 1.43 bits per heavy atom. The van der Waals surface area contributed by atoms with Gasteiger partial charge in [-0.05, 0) is 19.1 Å². The predicted molar refractivity (Wildman–Crippen MR) is 70.4 cm³/mol. The number of carbonyl (C=O) groups excluding carboxylic acids is 1. The minimum absolute atomic E-state index is 0.0206. The molecule has 3 N–H and O–H groups in total. The molecule has 0 radical (unpaired) electrons. The van der Waals surface area contributed by atoms with E-state index in [4.69, 9.17) is 10.8 Å². The highest BCUT2D eigenvalue weighted by Gasteiger charge is 2.21. The molecule has 21 heavy (non-hydrogen) atoms. The van der Waals surface area contributed by atoms with Crippen LogP contribution in [-0.2, 0) is 0 Å². The maximum Gasteiger partial charge on any atom is 0.339 e. The van der Waals surface area contributed by atoms with Crippen LogP contribution < -0.4 is 5.73 Å². The zero-order chi connectivity index (χ0) is 15.7. The van der Waals surface area contributed by atoms with Gasteiger partial charge in [0, 0.05) is 17.8 Å². The molecule has 0 unspecified atom stereocenters. The summed E-state index contributed by atoms with van der Waals surface area (Å²) < 4.78 is 1.09. The lowest BCUT2D eigenvalue weighted by atomic mass is 10.1. The van der Waals surface area contributed by atoms with E-state index in [0.717, 1.165) is 10.7 Å². The molecule has 0 atom stereocenters. The minimum atomic E-state index is -1.19. The second-order valence-electron chi connectivity index (χ2n) is 4.20. The van der Waals surface area contributed by atoms with Gasteiger partial charge in [0.1, 0.15) is 11.3 Å². The summed E-state index contributed by atoms with van der Waals surface area (Å²) in [5.74, 6) is -1.98. The van der Waals surface area contributed by atoms with Gasteiger partial charge in [-0.2, -0.15) is 5.10 Å². The number of carboxylic acids is 1. The first kappa shape index (κ1) is 14.2. The van der Waals surface area contributed by atoms with Crippen molar-refractivity contribution in [3.8, 4) is 5.69 Å². The van der Waals surface area contributed by atoms with Gasteiger partial charge in [-0.15, -0.1) is 0 Å². The van der Waals surface area contributed by atoms with Gasteiger partial charge >= 0.3 is 5.97 Å². The number of amides is 1. The number of benzene rings is 1. The number of carbonyl (C=O) groups is 2. The normalized spacial score (nSPS) is 10.3. The molecule has 0 aliphatic heterocycles. The first-order valence-electron chi connectivity index (χ1n) is 5.69. The zero-order valence-electron chi connectivity index (χ0n) is 10.8. The standard InChI is InChI=1S/C12H10N4O5/c1-6-8(12(18)19)5-15(14-6)9-3-2-7(11(13)17)4-10(9)16(20)21/h2-5H,1H3,(H2,13,17)(H,18,19). The molecule has 108 valence electrons. The number of nitrogens with zero attached hydrogens (tertiary/aromatic N) is 3. The van der Waals surface area contributed by atoms with Gasteiger partial charge in [0.15, 0.2) is 0 Å². The Hall–Kier alpha value is -3.23. The fraction of sp³-hybridized carbons (Fsp3) is 0.0833. The van der Waals surface area contributed by atoms with E-state index in [1.165, 1.54) is 25.3 Å². The third-order valence-corrected chi connectivity index (χ3v) is 2.83. The summed E-state index contributed by atoms with van der Waals surface area (Å²) >= 11 is 0. The number of primary amides is 1. The van der Waals surface area contributed by atoms with E-state index in [1.807, 2.05) is 0 Å². The van der Waals surface area contributed by atoms with E-state index in [1.54, 1.807) is 0 Å². The van der Waals surface area contributed by atoms with Crippen LogP contribution in [0.5, 0.6) is 0 Å². The summed E-state index contributed by atoms with van der Waals surface area (Å²) in [5, 5.41) is 24.0. The largest absolute Gasteiger partial charge is 0.478 e. The molecule has 0 fully saturated rings. The summed E-state index contributed by atoms with van der Waals surface area (Å²) in [6.45, 7) is 1.48. The third kappa shape index (κ3) is 2.56. The Balaban J connectivity index is 2.63. The molecule has 0 bridgehead atoms. The van der Waals surface area contributed by atoms with E-state index in [9.17, 15) is 19.7 Å². The number of nitro benzene ring substituents is 1. The summed E-state index contributed by atoms with van der Waals surface area (Å²) in [6, 6.07) is 3.62. The van der Waals surface area contributed by atoms with Crippen molar-refractivity contribution in [3.05, 3.63) is 51.3 Å². The number of aromatic nitrogens is 2. The molecule has 1 aromatic carbocycles. The monoisotopic (exact) mass is 290 g/mol. The highest BCUT2D eigenvalue weighted by Crippen LogP contribution is 2.24. The van der Waals surface area contributed by atoms with Crippen LogP contribution in [0, 0.1) is 17.0 Å². The van der Waals surface area contributed by atoms with E-state index in [-0.39, 0.29) is 22.5 Å². The fourth-order valence-electron chi connectivity index (χ4n) is 1.81. The third-order valence-electron chi connectivity index (χ3n) is 2.83. The molecule has 0 aliphatic rings. The highest BCUT2D eigenvalue weighted by atomic mass is 16.6. The van der Waals surface area contributed by atoms with Crippen molar-refractivity contribution in [3.63, 3.8) is 0 Å². The number of aromatic carboxylic acids is 1. The van der Waals surface area contributed by atoms with E-state index >= 15 is 0 Å². The van der Waals surface area contributed by atoms with Crippen LogP contribution in [0.3, 0.4) is 0 Å². The van der Waals surface area contributed by atoms with Gasteiger partial charge in [-0.1, -0.05) is 0 Å². The predicted octanol–water partition coefficient (Wildman–Crippen LogP) is 0.886. The SMILES string of the molecule is Cc1nn(-c2ccc(C(N)=O)cc2[N+](=O)[O-])cc1C(=O)O. The Bertz CT molecular complexity index is 765. The lowest BCUT2D eigenvalue weighted by molar-refractivity contribution is -0.384. The van der Waals surface area contributed by atoms with Crippen LogP contribution in [0.2, 0.25) is 0 Å². The van der Waals surface area contributed by atoms with Gasteiger partial charge in [-0.25, -0.2) is 9.48 Å². The van der Waals surface area contributed by atoms with Crippen molar-refractivity contribution in [2.45, 2.75) is 6.92 Å². The van der Waals surface area contributed by atoms with Crippen molar-refractivity contribution in [1.82, 2.24) is 9.78 Å². The quantitative estimate of drug-likeness (QED) is 0.632. The molecule has 9 nitrogen and oxygen atoms in total. The maximum atomic E-state index is 11.1. The van der Waals surface area contributed by atoms with E-state index in [0.29, 0.717) is 0 Å². The number of carboxylic acid groups (broad SMARTS) is 1. The van der Waals surface area contributed by atoms with Crippen LogP contribution in [0.15, 0.2) is 24.4 Å². The fourth-order valence-corrected chi connectivity index (χ4v) is 1.81. The second kappa shape index (κ2) is 5.04. The molecule has 0 saturated carbocycles. The summed E-state index contributed by atoms with van der Waals surface area (Å²) in [6.07, 6.45) is 1.17. The molecule has 1 aromatic heterocycles. The highest BCUT2D eigenvalue weighted by molar-refractivity contribution is 5.94. The van der Waals surface area contributed by atoms with Crippen LogP contribution in [-0.4, -0.2) is 31.7 Å². The first-order chi connectivity index (χ1) is 9.81. The van der Waals surface area contributed by atoms with Gasteiger partial charge in [-0.3, -0.25) is 14.9 Å². The molecule has 0 aliphatic carbocycles. The molecule has 9 heteroatoms. The number of hydrogen-bond acceptors (Lipinski definition) is 5. The van der Waals surface area contributed by atoms with E-state index < -0.39 is 22.5 Å². The molecule has 0 spiro atoms. The molecule has 2 rings (SSSR count). The Morgan fingerprint density at radius 2 is 2.10 bits per heavy atom. The van der Waals surface area contributed by atoms with Gasteiger partial charge in [0.05, 0.1) is 10.6 Å². The average Bonchev–Trinajstić information content (AvgIpc) is 2.80. The molecule has 0 saturated heterocycles. The zero-order valence-corrected chi connectivity index (χ0v) is 10.8. The van der Waals surface area contributed by atoms with Crippen LogP contribution >= 0.6 is 0 Å². The topological polar surface area (TPSA) is 141 Å². The maximum absolute atomic E-state index is 11.1. The molecular formula is C12H10N4O5. The number of rotatable bonds is 4. The van der Waals surface area contributed by atoms with Crippen LogP contribution in [0.4, 0.5) is 5.69 Å². The van der Waals surface area contributed by atoms with Crippen molar-refractivity contribution >= 4 is 17.6 Å². The Kier molecular flexibility index (Phi) is 3.40. The van der Waals surface area contributed by atoms with Crippen molar-refractivity contribution in [2.24, 2.45) is 5.73 Å². The molecule has 1 heterocycles. The minimum Gasteiger partial charge on any atom is -0.478 e. The van der Waals surface area contributed by atoms with Gasteiger partial charge < -0.3 is 10.8 Å². The van der Waals surface area contributed by atoms with Gasteiger partial charge in [0.25, 0.3) is 5.69 Å². The molecule has 1 amide bonds. The Labute approximate surface area is 117 Å². The lowest BCUT2D eigenvalue weighted by Gasteiger charge is -2.04. The number of nitro groups is 1. The second-order valence-corrected chi connectivity index (χ2v) is 4.20. The first-order valence-corrected chi connectivity index (χ1v) is 5.69.